The van der Waals surface area contributed by atoms with Gasteiger partial charge in [0.2, 0.25) is 10.0 Å². The average molecular weight is 337 g/mol. The van der Waals surface area contributed by atoms with Gasteiger partial charge in [-0.15, -0.1) is 0 Å². The van der Waals surface area contributed by atoms with Crippen molar-refractivity contribution < 1.29 is 13.2 Å². The summed E-state index contributed by atoms with van der Waals surface area (Å²) in [6.07, 6.45) is 6.09. The molecule has 5 heteroatoms. The summed E-state index contributed by atoms with van der Waals surface area (Å²) < 4.78 is 31.4. The maximum Gasteiger partial charge on any atom is 0.243 e. The topological polar surface area (TPSA) is 46.6 Å². The van der Waals surface area contributed by atoms with Gasteiger partial charge in [-0.1, -0.05) is 23.3 Å². The Labute approximate surface area is 140 Å². The molecule has 0 radical (unpaired) electrons. The van der Waals surface area contributed by atoms with Gasteiger partial charge >= 0.3 is 0 Å². The van der Waals surface area contributed by atoms with Crippen LogP contribution in [0.4, 0.5) is 0 Å². The molecule has 0 heterocycles. The molecule has 1 aromatic carbocycles. The molecule has 0 spiro atoms. The zero-order valence-electron chi connectivity index (χ0n) is 14.7. The quantitative estimate of drug-likeness (QED) is 0.673. The monoisotopic (exact) mass is 337 g/mol. The number of hydrogen-bond acceptors (Lipinski definition) is 3. The molecule has 128 valence electrons. The largest absolute Gasteiger partial charge is 0.497 e. The Balaban J connectivity index is 2.71. The highest BCUT2D eigenvalue weighted by Gasteiger charge is 2.19. The summed E-state index contributed by atoms with van der Waals surface area (Å²) in [5, 5.41) is 0. The zero-order chi connectivity index (χ0) is 17.5. The van der Waals surface area contributed by atoms with Gasteiger partial charge in [0.15, 0.2) is 0 Å². The van der Waals surface area contributed by atoms with Crippen LogP contribution in [0.15, 0.2) is 52.5 Å². The summed E-state index contributed by atoms with van der Waals surface area (Å²) in [5.41, 5.74) is 2.50. The average Bonchev–Trinajstić information content (AvgIpc) is 2.52. The summed E-state index contributed by atoms with van der Waals surface area (Å²) in [7, 11) is -0.322. The summed E-state index contributed by atoms with van der Waals surface area (Å²) in [6, 6.07) is 6.44. The minimum absolute atomic E-state index is 0.274. The van der Waals surface area contributed by atoms with Crippen molar-refractivity contribution in [1.29, 1.82) is 0 Å². The number of likely N-dealkylation sites (N-methyl/N-ethyl adjacent to an activating group) is 1. The molecule has 0 fully saturated rings. The summed E-state index contributed by atoms with van der Waals surface area (Å²) >= 11 is 0. The Bertz CT molecular complexity index is 654. The summed E-state index contributed by atoms with van der Waals surface area (Å²) in [6.45, 7) is 6.56. The van der Waals surface area contributed by atoms with Gasteiger partial charge < -0.3 is 4.74 Å². The molecule has 0 saturated carbocycles. The van der Waals surface area contributed by atoms with Crippen LogP contribution in [0.25, 0.3) is 0 Å². The van der Waals surface area contributed by atoms with Crippen LogP contribution in [-0.2, 0) is 10.0 Å². The van der Waals surface area contributed by atoms with Gasteiger partial charge in [0.05, 0.1) is 12.0 Å². The third kappa shape index (κ3) is 6.20. The molecular weight excluding hydrogens is 310 g/mol. The fourth-order valence-corrected chi connectivity index (χ4v) is 3.11. The summed E-state index contributed by atoms with van der Waals surface area (Å²) in [4.78, 5) is 0.274. The molecule has 0 atom stereocenters. The third-order valence-corrected chi connectivity index (χ3v) is 5.39. The normalized spacial score (nSPS) is 12.3. The fourth-order valence-electron chi connectivity index (χ4n) is 2.00. The molecule has 0 unspecified atom stereocenters. The minimum Gasteiger partial charge on any atom is -0.497 e. The Morgan fingerprint density at radius 1 is 1.13 bits per heavy atom. The van der Waals surface area contributed by atoms with Crippen LogP contribution in [0.2, 0.25) is 0 Å². The van der Waals surface area contributed by atoms with Crippen LogP contribution < -0.4 is 4.74 Å². The standard InChI is InChI=1S/C18H27NO3S/c1-15(2)7-6-8-16(3)13-14-19(4)23(20,21)18-11-9-17(22-5)10-12-18/h7,9-13H,6,8,14H2,1-5H3/b16-13+. The molecule has 23 heavy (non-hydrogen) atoms. The number of allylic oxidation sites excluding steroid dienone is 3. The highest BCUT2D eigenvalue weighted by molar-refractivity contribution is 7.89. The second kappa shape index (κ2) is 8.89. The van der Waals surface area contributed by atoms with Crippen LogP contribution >= 0.6 is 0 Å². The maximum atomic E-state index is 12.5. The first-order valence-electron chi connectivity index (χ1n) is 7.66. The van der Waals surface area contributed by atoms with E-state index in [-0.39, 0.29) is 4.90 Å². The van der Waals surface area contributed by atoms with E-state index in [1.54, 1.807) is 38.4 Å². The first kappa shape index (κ1) is 19.5. The van der Waals surface area contributed by atoms with E-state index < -0.39 is 10.0 Å². The van der Waals surface area contributed by atoms with Crippen LogP contribution in [0.3, 0.4) is 0 Å². The van der Waals surface area contributed by atoms with Crippen molar-refractivity contribution in [2.75, 3.05) is 20.7 Å². The zero-order valence-corrected chi connectivity index (χ0v) is 15.5. The highest BCUT2D eigenvalue weighted by Crippen LogP contribution is 2.18. The van der Waals surface area contributed by atoms with Crippen LogP contribution in [0.1, 0.15) is 33.6 Å². The SMILES string of the molecule is COc1ccc(S(=O)(=O)N(C)C/C=C(\C)CCC=C(C)C)cc1. The first-order chi connectivity index (χ1) is 10.8. The van der Waals surface area contributed by atoms with Crippen molar-refractivity contribution in [1.82, 2.24) is 4.31 Å². The Morgan fingerprint density at radius 2 is 1.74 bits per heavy atom. The Kier molecular flexibility index (Phi) is 7.52. The molecule has 1 aromatic rings. The predicted molar refractivity (Wildman–Crippen MR) is 95.2 cm³/mol. The Hall–Kier alpha value is -1.59. The van der Waals surface area contributed by atoms with E-state index in [0.29, 0.717) is 12.3 Å². The van der Waals surface area contributed by atoms with Crippen molar-refractivity contribution in [3.63, 3.8) is 0 Å². The van der Waals surface area contributed by atoms with E-state index in [2.05, 4.69) is 19.9 Å². The number of benzene rings is 1. The van der Waals surface area contributed by atoms with Crippen molar-refractivity contribution in [2.24, 2.45) is 0 Å². The van der Waals surface area contributed by atoms with E-state index in [0.717, 1.165) is 12.8 Å². The predicted octanol–water partition coefficient (Wildman–Crippen LogP) is 4.01. The molecule has 0 aliphatic rings. The number of sulfonamides is 1. The fraction of sp³-hybridized carbons (Fsp3) is 0.444. The van der Waals surface area contributed by atoms with E-state index in [9.17, 15) is 8.42 Å². The number of ether oxygens (including phenoxy) is 1. The number of hydrogen-bond donors (Lipinski definition) is 0. The molecule has 0 aliphatic carbocycles. The van der Waals surface area contributed by atoms with Gasteiger partial charge in [-0.05, 0) is 57.9 Å². The third-order valence-electron chi connectivity index (χ3n) is 3.56. The minimum atomic E-state index is -3.47. The maximum absolute atomic E-state index is 12.5. The van der Waals surface area contributed by atoms with Gasteiger partial charge in [0, 0.05) is 13.6 Å². The molecule has 0 N–H and O–H groups in total. The van der Waals surface area contributed by atoms with Crippen molar-refractivity contribution in [3.05, 3.63) is 47.6 Å². The van der Waals surface area contributed by atoms with E-state index in [1.165, 1.54) is 15.5 Å². The van der Waals surface area contributed by atoms with Crippen LogP contribution in [0.5, 0.6) is 5.75 Å². The second-order valence-corrected chi connectivity index (χ2v) is 7.88. The van der Waals surface area contributed by atoms with Crippen LogP contribution in [-0.4, -0.2) is 33.4 Å². The van der Waals surface area contributed by atoms with Gasteiger partial charge in [-0.25, -0.2) is 8.42 Å². The first-order valence-corrected chi connectivity index (χ1v) is 9.10. The highest BCUT2D eigenvalue weighted by atomic mass is 32.2. The molecule has 0 aromatic heterocycles. The molecule has 0 bridgehead atoms. The van der Waals surface area contributed by atoms with Gasteiger partial charge in [0.1, 0.15) is 5.75 Å². The number of methoxy groups -OCH3 is 1. The molecule has 0 aliphatic heterocycles. The second-order valence-electron chi connectivity index (χ2n) is 5.83. The number of nitrogens with zero attached hydrogens (tertiary/aromatic N) is 1. The Morgan fingerprint density at radius 3 is 2.26 bits per heavy atom. The van der Waals surface area contributed by atoms with Gasteiger partial charge in [-0.2, -0.15) is 4.31 Å². The van der Waals surface area contributed by atoms with Crippen molar-refractivity contribution in [2.45, 2.75) is 38.5 Å². The van der Waals surface area contributed by atoms with Crippen molar-refractivity contribution in [3.8, 4) is 5.75 Å². The van der Waals surface area contributed by atoms with E-state index in [1.807, 2.05) is 13.0 Å². The molecule has 1 rings (SSSR count). The van der Waals surface area contributed by atoms with Gasteiger partial charge in [0.25, 0.3) is 0 Å². The molecule has 0 amide bonds. The lowest BCUT2D eigenvalue weighted by Gasteiger charge is -2.16. The van der Waals surface area contributed by atoms with Crippen molar-refractivity contribution >= 4 is 10.0 Å². The lowest BCUT2D eigenvalue weighted by Crippen LogP contribution is -2.27. The molecule has 0 saturated heterocycles. The number of rotatable bonds is 8. The lowest BCUT2D eigenvalue weighted by atomic mass is 10.1. The molecular formula is C18H27NO3S. The van der Waals surface area contributed by atoms with Crippen LogP contribution in [0, 0.1) is 0 Å². The smallest absolute Gasteiger partial charge is 0.243 e. The summed E-state index contributed by atoms with van der Waals surface area (Å²) in [5.74, 6) is 0.640. The molecule has 4 nitrogen and oxygen atoms in total. The lowest BCUT2D eigenvalue weighted by molar-refractivity contribution is 0.414. The van der Waals surface area contributed by atoms with Gasteiger partial charge in [-0.3, -0.25) is 0 Å². The van der Waals surface area contributed by atoms with E-state index in [4.69, 9.17) is 4.74 Å². The van der Waals surface area contributed by atoms with E-state index >= 15 is 0 Å².